The predicted molar refractivity (Wildman–Crippen MR) is 48.1 cm³/mol. The van der Waals surface area contributed by atoms with Gasteiger partial charge < -0.3 is 5.11 Å². The Kier molecular flexibility index (Phi) is 3.73. The van der Waals surface area contributed by atoms with E-state index < -0.39 is 18.7 Å². The van der Waals surface area contributed by atoms with Crippen LogP contribution >= 0.6 is 0 Å². The Balaban J connectivity index is 2.38. The Bertz CT molecular complexity index is 307. The molecule has 0 aromatic carbocycles. The molecule has 86 valence electrons. The van der Waals surface area contributed by atoms with Gasteiger partial charge in [-0.15, -0.1) is 0 Å². The van der Waals surface area contributed by atoms with Crippen molar-refractivity contribution in [3.63, 3.8) is 0 Å². The van der Waals surface area contributed by atoms with E-state index in [1.54, 1.807) is 13.1 Å². The van der Waals surface area contributed by atoms with Gasteiger partial charge in [-0.1, -0.05) is 0 Å². The molecule has 1 N–H and O–H groups in total. The van der Waals surface area contributed by atoms with Gasteiger partial charge in [0.2, 0.25) is 0 Å². The summed E-state index contributed by atoms with van der Waals surface area (Å²) in [5.41, 5.74) is 0.613. The number of hydrogen-bond acceptors (Lipinski definition) is 2. The van der Waals surface area contributed by atoms with Crippen molar-refractivity contribution in [2.45, 2.75) is 38.6 Å². The molecule has 1 heterocycles. The predicted octanol–water partition coefficient (Wildman–Crippen LogP) is 2.28. The van der Waals surface area contributed by atoms with Gasteiger partial charge in [-0.3, -0.25) is 4.68 Å². The number of hydrogen-bond donors (Lipinski definition) is 1. The molecule has 0 amide bonds. The van der Waals surface area contributed by atoms with Gasteiger partial charge in [0.25, 0.3) is 0 Å². The first-order valence-corrected chi connectivity index (χ1v) is 4.65. The molecule has 0 spiro atoms. The van der Waals surface area contributed by atoms with E-state index in [1.165, 1.54) is 10.9 Å². The fourth-order valence-electron chi connectivity index (χ4n) is 1.16. The second-order valence-corrected chi connectivity index (χ2v) is 3.43. The number of halogens is 3. The second-order valence-electron chi connectivity index (χ2n) is 3.43. The Labute approximate surface area is 85.5 Å². The van der Waals surface area contributed by atoms with Crippen LogP contribution in [0.25, 0.3) is 0 Å². The van der Waals surface area contributed by atoms with Gasteiger partial charge in [0.05, 0.1) is 12.3 Å². The summed E-state index contributed by atoms with van der Waals surface area (Å²) < 4.78 is 36.9. The molecular formula is C9H13F3N2O. The van der Waals surface area contributed by atoms with Crippen LogP contribution in [0.5, 0.6) is 0 Å². The highest BCUT2D eigenvalue weighted by atomic mass is 19.4. The van der Waals surface area contributed by atoms with Gasteiger partial charge >= 0.3 is 6.18 Å². The van der Waals surface area contributed by atoms with Crippen molar-refractivity contribution in [2.75, 3.05) is 0 Å². The van der Waals surface area contributed by atoms with Crippen LogP contribution in [0.1, 0.15) is 31.4 Å². The number of aliphatic hydroxyl groups is 1. The Morgan fingerprint density at radius 3 is 2.67 bits per heavy atom. The minimum Gasteiger partial charge on any atom is -0.389 e. The molecule has 0 saturated carbocycles. The molecule has 1 atom stereocenters. The molecule has 0 aliphatic rings. The molecule has 1 unspecified atom stereocenters. The van der Waals surface area contributed by atoms with Gasteiger partial charge in [-0.25, -0.2) is 0 Å². The van der Waals surface area contributed by atoms with Crippen molar-refractivity contribution in [1.29, 1.82) is 0 Å². The van der Waals surface area contributed by atoms with Crippen molar-refractivity contribution in [3.8, 4) is 0 Å². The van der Waals surface area contributed by atoms with Crippen molar-refractivity contribution in [3.05, 3.63) is 18.0 Å². The molecule has 1 aromatic heterocycles. The van der Waals surface area contributed by atoms with Crippen LogP contribution in [0.3, 0.4) is 0 Å². The number of aliphatic hydroxyl groups excluding tert-OH is 1. The van der Waals surface area contributed by atoms with E-state index in [1.807, 2.05) is 0 Å². The maximum absolute atomic E-state index is 11.8. The molecule has 6 heteroatoms. The summed E-state index contributed by atoms with van der Waals surface area (Å²) in [6.07, 6.45) is -2.54. The van der Waals surface area contributed by atoms with E-state index >= 15 is 0 Å². The standard InChI is InChI=1S/C9H13F3N2O/c1-7(15)8-5-13-14(6-8)4-2-3-9(10,11)12/h5-7,15H,2-4H2,1H3. The van der Waals surface area contributed by atoms with Crippen molar-refractivity contribution in [1.82, 2.24) is 9.78 Å². The lowest BCUT2D eigenvalue weighted by molar-refractivity contribution is -0.136. The second kappa shape index (κ2) is 4.65. The van der Waals surface area contributed by atoms with Gasteiger partial charge in [0.15, 0.2) is 0 Å². The molecule has 0 bridgehead atoms. The highest BCUT2D eigenvalue weighted by molar-refractivity contribution is 5.06. The zero-order valence-electron chi connectivity index (χ0n) is 8.33. The number of aryl methyl sites for hydroxylation is 1. The van der Waals surface area contributed by atoms with Crippen LogP contribution in [0.2, 0.25) is 0 Å². The summed E-state index contributed by atoms with van der Waals surface area (Å²) in [6.45, 7) is 1.79. The smallest absolute Gasteiger partial charge is 0.389 e. The molecule has 0 saturated heterocycles. The van der Waals surface area contributed by atoms with E-state index in [2.05, 4.69) is 5.10 Å². The van der Waals surface area contributed by atoms with Gasteiger partial charge in [0, 0.05) is 24.7 Å². The van der Waals surface area contributed by atoms with E-state index in [0.29, 0.717) is 5.56 Å². The van der Waals surface area contributed by atoms with Crippen molar-refractivity contribution in [2.24, 2.45) is 0 Å². The highest BCUT2D eigenvalue weighted by Gasteiger charge is 2.26. The first-order valence-electron chi connectivity index (χ1n) is 4.65. The zero-order valence-corrected chi connectivity index (χ0v) is 8.33. The summed E-state index contributed by atoms with van der Waals surface area (Å²) in [4.78, 5) is 0. The highest BCUT2D eigenvalue weighted by Crippen LogP contribution is 2.21. The maximum Gasteiger partial charge on any atom is 0.389 e. The van der Waals surface area contributed by atoms with Crippen LogP contribution in [0, 0.1) is 0 Å². The molecule has 0 aliphatic carbocycles. The summed E-state index contributed by atoms with van der Waals surface area (Å²) in [7, 11) is 0. The third-order valence-corrected chi connectivity index (χ3v) is 1.98. The van der Waals surface area contributed by atoms with Gasteiger partial charge in [-0.2, -0.15) is 18.3 Å². The minimum atomic E-state index is -4.11. The molecule has 1 aromatic rings. The van der Waals surface area contributed by atoms with E-state index in [0.717, 1.165) is 0 Å². The molecular weight excluding hydrogens is 209 g/mol. The van der Waals surface area contributed by atoms with Gasteiger partial charge in [0.1, 0.15) is 0 Å². The van der Waals surface area contributed by atoms with Crippen LogP contribution in [-0.4, -0.2) is 21.1 Å². The lowest BCUT2D eigenvalue weighted by Crippen LogP contribution is -2.09. The fraction of sp³-hybridized carbons (Fsp3) is 0.667. The molecule has 3 nitrogen and oxygen atoms in total. The van der Waals surface area contributed by atoms with E-state index in [9.17, 15) is 13.2 Å². The molecule has 0 radical (unpaired) electrons. The number of aromatic nitrogens is 2. The Morgan fingerprint density at radius 1 is 1.53 bits per heavy atom. The molecule has 0 fully saturated rings. The number of alkyl halides is 3. The molecule has 1 rings (SSSR count). The molecule has 0 aliphatic heterocycles. The topological polar surface area (TPSA) is 38.1 Å². The fourth-order valence-corrected chi connectivity index (χ4v) is 1.16. The van der Waals surface area contributed by atoms with Crippen LogP contribution in [-0.2, 0) is 6.54 Å². The summed E-state index contributed by atoms with van der Waals surface area (Å²) in [6, 6.07) is 0. The van der Waals surface area contributed by atoms with E-state index in [-0.39, 0.29) is 13.0 Å². The molecule has 15 heavy (non-hydrogen) atoms. The quantitative estimate of drug-likeness (QED) is 0.848. The van der Waals surface area contributed by atoms with Crippen LogP contribution in [0.15, 0.2) is 12.4 Å². The average molecular weight is 222 g/mol. The lowest BCUT2D eigenvalue weighted by Gasteiger charge is -2.05. The average Bonchev–Trinajstić information content (AvgIpc) is 2.50. The van der Waals surface area contributed by atoms with Gasteiger partial charge in [-0.05, 0) is 13.3 Å². The Morgan fingerprint density at radius 2 is 2.20 bits per heavy atom. The van der Waals surface area contributed by atoms with Crippen molar-refractivity contribution >= 4 is 0 Å². The zero-order chi connectivity index (χ0) is 11.5. The lowest BCUT2D eigenvalue weighted by atomic mass is 10.2. The first kappa shape index (κ1) is 12.0. The maximum atomic E-state index is 11.8. The largest absolute Gasteiger partial charge is 0.389 e. The first-order chi connectivity index (χ1) is 6.88. The SMILES string of the molecule is CC(O)c1cnn(CCCC(F)(F)F)c1. The van der Waals surface area contributed by atoms with Crippen LogP contribution < -0.4 is 0 Å². The Hall–Kier alpha value is -1.04. The van der Waals surface area contributed by atoms with Crippen molar-refractivity contribution < 1.29 is 18.3 Å². The van der Waals surface area contributed by atoms with Crippen LogP contribution in [0.4, 0.5) is 13.2 Å². The summed E-state index contributed by atoms with van der Waals surface area (Å²) >= 11 is 0. The summed E-state index contributed by atoms with van der Waals surface area (Å²) in [5.74, 6) is 0. The third-order valence-electron chi connectivity index (χ3n) is 1.98. The van der Waals surface area contributed by atoms with E-state index in [4.69, 9.17) is 5.11 Å². The monoisotopic (exact) mass is 222 g/mol. The third kappa shape index (κ3) is 4.33. The normalized spacial score (nSPS) is 14.2. The summed E-state index contributed by atoms with van der Waals surface area (Å²) in [5, 5.41) is 13.0. The number of nitrogens with zero attached hydrogens (tertiary/aromatic N) is 2. The minimum absolute atomic E-state index is 0.00439. The number of rotatable bonds is 4.